The van der Waals surface area contributed by atoms with Crippen LogP contribution < -0.4 is 5.32 Å². The van der Waals surface area contributed by atoms with Gasteiger partial charge < -0.3 is 5.32 Å². The molecule has 3 aliphatic rings. The molecule has 1 spiro atoms. The minimum Gasteiger partial charge on any atom is -0.325 e. The highest BCUT2D eigenvalue weighted by molar-refractivity contribution is 6.31. The van der Waals surface area contributed by atoms with Crippen LogP contribution in [0.1, 0.15) is 84.8 Å². The molecule has 3 nitrogen and oxygen atoms in total. The Kier molecular flexibility index (Phi) is 5.96. The molecular weight excluding hydrogens is 404 g/mol. The second kappa shape index (κ2) is 8.14. The van der Waals surface area contributed by atoms with Crippen LogP contribution in [0.4, 0.5) is 4.79 Å². The van der Waals surface area contributed by atoms with Crippen molar-refractivity contribution in [2.24, 2.45) is 23.2 Å². The average Bonchev–Trinajstić information content (AvgIpc) is 2.62. The van der Waals surface area contributed by atoms with Crippen molar-refractivity contribution in [3.63, 3.8) is 0 Å². The van der Waals surface area contributed by atoms with E-state index in [1.807, 2.05) is 4.90 Å². The highest BCUT2D eigenvalue weighted by Gasteiger charge is 2.54. The number of hydrogen-bond acceptors (Lipinski definition) is 1. The van der Waals surface area contributed by atoms with Gasteiger partial charge in [-0.3, -0.25) is 4.90 Å². The molecule has 2 fully saturated rings. The summed E-state index contributed by atoms with van der Waals surface area (Å²) < 4.78 is 0. The van der Waals surface area contributed by atoms with Gasteiger partial charge in [-0.1, -0.05) is 58.4 Å². The fourth-order valence-corrected chi connectivity index (χ4v) is 6.59. The number of carbonyl (C=O) groups is 1. The molecule has 4 heteroatoms. The Labute approximate surface area is 193 Å². The molecule has 2 amide bonds. The van der Waals surface area contributed by atoms with E-state index in [0.717, 1.165) is 42.2 Å². The van der Waals surface area contributed by atoms with Gasteiger partial charge in [-0.05, 0) is 91.4 Å². The first-order valence-corrected chi connectivity index (χ1v) is 12.5. The SMILES string of the molecule is CC(C)CCc1ccc([C@]2(C)NC(=O)N(C3CC4(CC(C)C4)C3)C=C2C(C)C)cc1Cl. The summed E-state index contributed by atoms with van der Waals surface area (Å²) in [5, 5.41) is 4.17. The molecule has 0 aromatic heterocycles. The average molecular weight is 443 g/mol. The number of benzene rings is 1. The minimum absolute atomic E-state index is 0.0270. The molecule has 4 rings (SSSR count). The first-order valence-electron chi connectivity index (χ1n) is 12.1. The van der Waals surface area contributed by atoms with Gasteiger partial charge in [0.2, 0.25) is 0 Å². The number of rotatable bonds is 6. The third-order valence-electron chi connectivity index (χ3n) is 7.98. The quantitative estimate of drug-likeness (QED) is 0.492. The van der Waals surface area contributed by atoms with Crippen LogP contribution in [-0.4, -0.2) is 17.0 Å². The third kappa shape index (κ3) is 4.15. The van der Waals surface area contributed by atoms with E-state index in [1.54, 1.807) is 0 Å². The minimum atomic E-state index is -0.533. The van der Waals surface area contributed by atoms with Crippen molar-refractivity contribution < 1.29 is 4.79 Å². The fraction of sp³-hybridized carbons (Fsp3) is 0.667. The Bertz CT molecular complexity index is 875. The molecule has 1 aromatic carbocycles. The first kappa shape index (κ1) is 22.7. The molecule has 0 radical (unpaired) electrons. The molecule has 1 aromatic rings. The molecule has 2 saturated carbocycles. The third-order valence-corrected chi connectivity index (χ3v) is 8.34. The van der Waals surface area contributed by atoms with E-state index in [0.29, 0.717) is 23.3 Å². The lowest BCUT2D eigenvalue weighted by Crippen LogP contribution is -2.62. The maximum absolute atomic E-state index is 13.2. The van der Waals surface area contributed by atoms with Gasteiger partial charge in [0.25, 0.3) is 0 Å². The van der Waals surface area contributed by atoms with Crippen molar-refractivity contribution in [3.8, 4) is 0 Å². The second-order valence-corrected chi connectivity index (χ2v) is 11.9. The predicted octanol–water partition coefficient (Wildman–Crippen LogP) is 7.29. The van der Waals surface area contributed by atoms with Crippen LogP contribution in [0.15, 0.2) is 30.0 Å². The maximum Gasteiger partial charge on any atom is 0.322 e. The zero-order valence-electron chi connectivity index (χ0n) is 20.1. The molecule has 1 atom stereocenters. The zero-order valence-corrected chi connectivity index (χ0v) is 20.9. The van der Waals surface area contributed by atoms with Crippen molar-refractivity contribution in [1.82, 2.24) is 10.2 Å². The number of hydrogen-bond donors (Lipinski definition) is 1. The standard InChI is InChI=1S/C27H39ClN2O/c1-17(2)7-8-20-9-10-21(11-24(20)28)26(6)23(18(3)4)16-30(25(31)29-26)22-14-27(15-22)12-19(5)13-27/h9-11,16-19,22H,7-8,12-15H2,1-6H3,(H,29,31)/t19?,22?,26-,27?/m0/s1. The van der Waals surface area contributed by atoms with Gasteiger partial charge in [-0.2, -0.15) is 0 Å². The smallest absolute Gasteiger partial charge is 0.322 e. The van der Waals surface area contributed by atoms with Crippen LogP contribution >= 0.6 is 11.6 Å². The molecule has 0 bridgehead atoms. The van der Waals surface area contributed by atoms with Crippen LogP contribution in [0, 0.1) is 23.2 Å². The number of urea groups is 1. The van der Waals surface area contributed by atoms with Crippen LogP contribution in [-0.2, 0) is 12.0 Å². The van der Waals surface area contributed by atoms with Crippen molar-refractivity contribution in [3.05, 3.63) is 46.1 Å². The summed E-state index contributed by atoms with van der Waals surface area (Å²) in [5.74, 6) is 1.83. The lowest BCUT2D eigenvalue weighted by molar-refractivity contribution is -0.0642. The van der Waals surface area contributed by atoms with Crippen LogP contribution in [0.25, 0.3) is 0 Å². The Morgan fingerprint density at radius 2 is 1.84 bits per heavy atom. The van der Waals surface area contributed by atoms with Crippen molar-refractivity contribution in [1.29, 1.82) is 0 Å². The van der Waals surface area contributed by atoms with Gasteiger partial charge in [0.05, 0.1) is 5.54 Å². The van der Waals surface area contributed by atoms with Gasteiger partial charge in [-0.25, -0.2) is 4.79 Å². The molecule has 1 aliphatic heterocycles. The Balaban J connectivity index is 1.57. The first-order chi connectivity index (χ1) is 14.5. The van der Waals surface area contributed by atoms with Crippen LogP contribution in [0.5, 0.6) is 0 Å². The zero-order chi connectivity index (χ0) is 22.6. The summed E-state index contributed by atoms with van der Waals surface area (Å²) in [7, 11) is 0. The molecule has 0 unspecified atom stereocenters. The number of halogens is 1. The van der Waals surface area contributed by atoms with Gasteiger partial charge in [0.15, 0.2) is 0 Å². The number of nitrogens with zero attached hydrogens (tertiary/aromatic N) is 1. The summed E-state index contributed by atoms with van der Waals surface area (Å²) in [6, 6.07) is 6.74. The molecule has 170 valence electrons. The molecule has 1 heterocycles. The van der Waals surface area contributed by atoms with Crippen molar-refractivity contribution in [2.75, 3.05) is 0 Å². The topological polar surface area (TPSA) is 32.3 Å². The van der Waals surface area contributed by atoms with E-state index < -0.39 is 5.54 Å². The number of amides is 2. The summed E-state index contributed by atoms with van der Waals surface area (Å²) in [5.41, 5.74) is 3.50. The number of aryl methyl sites for hydroxylation is 1. The van der Waals surface area contributed by atoms with Crippen molar-refractivity contribution >= 4 is 17.6 Å². The summed E-state index contributed by atoms with van der Waals surface area (Å²) in [6.45, 7) is 13.4. The van der Waals surface area contributed by atoms with E-state index in [1.165, 1.54) is 24.0 Å². The molecule has 0 saturated heterocycles. The number of carbonyl (C=O) groups excluding carboxylic acids is 1. The molecule has 1 N–H and O–H groups in total. The normalized spacial score (nSPS) is 32.7. The van der Waals surface area contributed by atoms with Gasteiger partial charge in [0, 0.05) is 17.3 Å². The van der Waals surface area contributed by atoms with Gasteiger partial charge in [-0.15, -0.1) is 0 Å². The highest BCUT2D eigenvalue weighted by atomic mass is 35.5. The van der Waals surface area contributed by atoms with E-state index in [-0.39, 0.29) is 6.03 Å². The monoisotopic (exact) mass is 442 g/mol. The Morgan fingerprint density at radius 3 is 2.39 bits per heavy atom. The van der Waals surface area contributed by atoms with Crippen LogP contribution in [0.2, 0.25) is 5.02 Å². The molecular formula is C27H39ClN2O. The Hall–Kier alpha value is -1.48. The lowest BCUT2D eigenvalue weighted by Gasteiger charge is -2.60. The summed E-state index contributed by atoms with van der Waals surface area (Å²) in [4.78, 5) is 15.2. The second-order valence-electron chi connectivity index (χ2n) is 11.5. The number of nitrogens with one attached hydrogen (secondary N) is 1. The molecule has 31 heavy (non-hydrogen) atoms. The lowest BCUT2D eigenvalue weighted by atomic mass is 9.50. The van der Waals surface area contributed by atoms with E-state index in [2.05, 4.69) is 71.3 Å². The van der Waals surface area contributed by atoms with E-state index in [4.69, 9.17) is 11.6 Å². The van der Waals surface area contributed by atoms with Crippen molar-refractivity contribution in [2.45, 2.75) is 91.6 Å². The van der Waals surface area contributed by atoms with E-state index in [9.17, 15) is 4.79 Å². The van der Waals surface area contributed by atoms with Gasteiger partial charge in [0.1, 0.15) is 0 Å². The maximum atomic E-state index is 13.2. The van der Waals surface area contributed by atoms with Gasteiger partial charge >= 0.3 is 6.03 Å². The van der Waals surface area contributed by atoms with Crippen LogP contribution in [0.3, 0.4) is 0 Å². The summed E-state index contributed by atoms with van der Waals surface area (Å²) >= 11 is 6.69. The largest absolute Gasteiger partial charge is 0.325 e. The molecule has 2 aliphatic carbocycles. The van der Waals surface area contributed by atoms with E-state index >= 15 is 0 Å². The highest BCUT2D eigenvalue weighted by Crippen LogP contribution is 2.60. The predicted molar refractivity (Wildman–Crippen MR) is 129 cm³/mol. The summed E-state index contributed by atoms with van der Waals surface area (Å²) in [6.07, 6.45) is 9.24. The fourth-order valence-electron chi connectivity index (χ4n) is 6.32. The Morgan fingerprint density at radius 1 is 1.16 bits per heavy atom.